The predicted octanol–water partition coefficient (Wildman–Crippen LogP) is 3.43. The van der Waals surface area contributed by atoms with Gasteiger partial charge in [0.15, 0.2) is 0 Å². The lowest BCUT2D eigenvalue weighted by Crippen LogP contribution is -2.14. The normalized spacial score (nSPS) is 10.2. The number of hydrogen-bond acceptors (Lipinski definition) is 3. The van der Waals surface area contributed by atoms with Crippen LogP contribution < -0.4 is 15.8 Å². The fourth-order valence-electron chi connectivity index (χ4n) is 1.66. The molecule has 0 atom stereocenters. The molecular weight excluding hydrogens is 327 g/mol. The van der Waals surface area contributed by atoms with Gasteiger partial charge in [0.05, 0.1) is 17.1 Å². The Hall–Kier alpha value is -2.08. The van der Waals surface area contributed by atoms with Crippen molar-refractivity contribution < 1.29 is 13.9 Å². The highest BCUT2D eigenvalue weighted by Gasteiger charge is 2.13. The number of carbonyl (C=O) groups is 1. The Morgan fingerprint density at radius 1 is 1.30 bits per heavy atom. The molecule has 3 N–H and O–H groups in total. The number of carbonyl (C=O) groups excluding carboxylic acids is 1. The molecule has 0 unspecified atom stereocenters. The second-order valence-corrected chi connectivity index (χ2v) is 4.90. The lowest BCUT2D eigenvalue weighted by atomic mass is 10.1. The number of anilines is 2. The Morgan fingerprint density at radius 2 is 2.05 bits per heavy atom. The van der Waals surface area contributed by atoms with E-state index in [4.69, 9.17) is 10.5 Å². The maximum Gasteiger partial charge on any atom is 0.258 e. The largest absolute Gasteiger partial charge is 0.496 e. The Bertz CT molecular complexity index is 662. The molecule has 4 nitrogen and oxygen atoms in total. The fourth-order valence-corrected chi connectivity index (χ4v) is 2.20. The van der Waals surface area contributed by atoms with E-state index in [9.17, 15) is 9.18 Å². The van der Waals surface area contributed by atoms with Gasteiger partial charge in [-0.15, -0.1) is 0 Å². The SMILES string of the molecule is COc1ccc(NC(=O)c2cc(N)ccc2F)cc1Br. The maximum atomic E-state index is 13.6. The minimum Gasteiger partial charge on any atom is -0.496 e. The van der Waals surface area contributed by atoms with E-state index in [2.05, 4.69) is 21.2 Å². The summed E-state index contributed by atoms with van der Waals surface area (Å²) in [7, 11) is 1.54. The van der Waals surface area contributed by atoms with Crippen molar-refractivity contribution in [1.29, 1.82) is 0 Å². The average Bonchev–Trinajstić information content (AvgIpc) is 2.41. The smallest absolute Gasteiger partial charge is 0.258 e. The van der Waals surface area contributed by atoms with E-state index in [0.29, 0.717) is 21.6 Å². The third-order valence-electron chi connectivity index (χ3n) is 2.64. The van der Waals surface area contributed by atoms with Gasteiger partial charge in [0.25, 0.3) is 5.91 Å². The fraction of sp³-hybridized carbons (Fsp3) is 0.0714. The van der Waals surface area contributed by atoms with Crippen LogP contribution in [0.4, 0.5) is 15.8 Å². The second kappa shape index (κ2) is 5.92. The molecule has 2 rings (SSSR count). The summed E-state index contributed by atoms with van der Waals surface area (Å²) in [5.74, 6) is -0.547. The average molecular weight is 339 g/mol. The minimum absolute atomic E-state index is 0.100. The van der Waals surface area contributed by atoms with Crippen molar-refractivity contribution in [3.8, 4) is 5.75 Å². The highest BCUT2D eigenvalue weighted by molar-refractivity contribution is 9.10. The number of benzene rings is 2. The number of nitrogens with two attached hydrogens (primary N) is 1. The molecule has 0 aliphatic rings. The van der Waals surface area contributed by atoms with Gasteiger partial charge in [-0.05, 0) is 52.3 Å². The van der Waals surface area contributed by atoms with Crippen molar-refractivity contribution >= 4 is 33.2 Å². The first-order valence-corrected chi connectivity index (χ1v) is 6.50. The zero-order valence-electron chi connectivity index (χ0n) is 10.6. The second-order valence-electron chi connectivity index (χ2n) is 4.04. The van der Waals surface area contributed by atoms with E-state index < -0.39 is 11.7 Å². The molecule has 104 valence electrons. The number of methoxy groups -OCH3 is 1. The standard InChI is InChI=1S/C14H12BrFN2O2/c1-20-13-5-3-9(7-11(13)15)18-14(19)10-6-8(17)2-4-12(10)16/h2-7H,17H2,1H3,(H,18,19). The van der Waals surface area contributed by atoms with Crippen LogP contribution in [0.1, 0.15) is 10.4 Å². The van der Waals surface area contributed by atoms with Crippen LogP contribution in [-0.4, -0.2) is 13.0 Å². The Morgan fingerprint density at radius 3 is 2.70 bits per heavy atom. The van der Waals surface area contributed by atoms with Crippen molar-refractivity contribution in [3.63, 3.8) is 0 Å². The summed E-state index contributed by atoms with van der Waals surface area (Å²) in [4.78, 5) is 12.0. The van der Waals surface area contributed by atoms with Gasteiger partial charge in [-0.3, -0.25) is 4.79 Å². The molecule has 0 radical (unpaired) electrons. The number of nitrogens with one attached hydrogen (secondary N) is 1. The van der Waals surface area contributed by atoms with Gasteiger partial charge in [-0.25, -0.2) is 4.39 Å². The van der Waals surface area contributed by atoms with Gasteiger partial charge in [0, 0.05) is 11.4 Å². The highest BCUT2D eigenvalue weighted by Crippen LogP contribution is 2.28. The van der Waals surface area contributed by atoms with Gasteiger partial charge < -0.3 is 15.8 Å². The predicted molar refractivity (Wildman–Crippen MR) is 79.5 cm³/mol. The van der Waals surface area contributed by atoms with Crippen LogP contribution in [0, 0.1) is 5.82 Å². The molecule has 1 amide bonds. The molecule has 0 saturated heterocycles. The lowest BCUT2D eigenvalue weighted by molar-refractivity contribution is 0.102. The minimum atomic E-state index is -0.621. The monoisotopic (exact) mass is 338 g/mol. The van der Waals surface area contributed by atoms with Crippen LogP contribution in [0.15, 0.2) is 40.9 Å². The molecule has 0 spiro atoms. The van der Waals surface area contributed by atoms with E-state index in [1.54, 1.807) is 25.3 Å². The summed E-state index contributed by atoms with van der Waals surface area (Å²) in [5, 5.41) is 2.60. The molecule has 6 heteroatoms. The van der Waals surface area contributed by atoms with Gasteiger partial charge in [0.1, 0.15) is 11.6 Å². The summed E-state index contributed by atoms with van der Waals surface area (Å²) in [6.07, 6.45) is 0. The summed E-state index contributed by atoms with van der Waals surface area (Å²) < 4.78 is 19.3. The van der Waals surface area contributed by atoms with Crippen LogP contribution in [0.2, 0.25) is 0 Å². The van der Waals surface area contributed by atoms with Gasteiger partial charge in [-0.1, -0.05) is 0 Å². The molecule has 0 fully saturated rings. The Kier molecular flexibility index (Phi) is 4.24. The third kappa shape index (κ3) is 3.08. The summed E-state index contributed by atoms with van der Waals surface area (Å²) in [6.45, 7) is 0. The van der Waals surface area contributed by atoms with Crippen LogP contribution in [-0.2, 0) is 0 Å². The molecule has 2 aromatic carbocycles. The highest BCUT2D eigenvalue weighted by atomic mass is 79.9. The van der Waals surface area contributed by atoms with Crippen molar-refractivity contribution in [2.24, 2.45) is 0 Å². The number of ether oxygens (including phenoxy) is 1. The van der Waals surface area contributed by atoms with Crippen molar-refractivity contribution in [1.82, 2.24) is 0 Å². The maximum absolute atomic E-state index is 13.6. The van der Waals surface area contributed by atoms with E-state index >= 15 is 0 Å². The molecule has 2 aromatic rings. The van der Waals surface area contributed by atoms with E-state index in [0.717, 1.165) is 6.07 Å². The number of nitrogen functional groups attached to an aromatic ring is 1. The summed E-state index contributed by atoms with van der Waals surface area (Å²) >= 11 is 3.31. The van der Waals surface area contributed by atoms with Crippen LogP contribution in [0.5, 0.6) is 5.75 Å². The lowest BCUT2D eigenvalue weighted by Gasteiger charge is -2.09. The topological polar surface area (TPSA) is 64.3 Å². The molecule has 20 heavy (non-hydrogen) atoms. The molecule has 0 heterocycles. The number of amides is 1. The van der Waals surface area contributed by atoms with Crippen LogP contribution >= 0.6 is 15.9 Å². The number of rotatable bonds is 3. The first-order valence-electron chi connectivity index (χ1n) is 5.71. The Labute approximate surface area is 123 Å². The molecule has 0 bridgehead atoms. The van der Waals surface area contributed by atoms with Crippen LogP contribution in [0.3, 0.4) is 0 Å². The summed E-state index contributed by atoms with van der Waals surface area (Å²) in [5.41, 5.74) is 6.29. The van der Waals surface area contributed by atoms with Crippen molar-refractivity contribution in [2.75, 3.05) is 18.2 Å². The van der Waals surface area contributed by atoms with E-state index in [1.807, 2.05) is 0 Å². The number of hydrogen-bond donors (Lipinski definition) is 2. The molecular formula is C14H12BrFN2O2. The zero-order valence-corrected chi connectivity index (χ0v) is 12.2. The molecule has 0 aliphatic heterocycles. The Balaban J connectivity index is 2.23. The van der Waals surface area contributed by atoms with E-state index in [-0.39, 0.29) is 5.56 Å². The van der Waals surface area contributed by atoms with Crippen molar-refractivity contribution in [2.45, 2.75) is 0 Å². The van der Waals surface area contributed by atoms with Gasteiger partial charge in [0.2, 0.25) is 0 Å². The van der Waals surface area contributed by atoms with Gasteiger partial charge >= 0.3 is 0 Å². The zero-order chi connectivity index (χ0) is 14.7. The first-order chi connectivity index (χ1) is 9.51. The quantitative estimate of drug-likeness (QED) is 0.842. The van der Waals surface area contributed by atoms with Crippen LogP contribution in [0.25, 0.3) is 0 Å². The summed E-state index contributed by atoms with van der Waals surface area (Å²) in [6, 6.07) is 8.87. The molecule has 0 aliphatic carbocycles. The van der Waals surface area contributed by atoms with Gasteiger partial charge in [-0.2, -0.15) is 0 Å². The molecule has 0 aromatic heterocycles. The van der Waals surface area contributed by atoms with E-state index in [1.165, 1.54) is 12.1 Å². The molecule has 0 saturated carbocycles. The van der Waals surface area contributed by atoms with Crippen molar-refractivity contribution in [3.05, 3.63) is 52.3 Å². The number of halogens is 2. The third-order valence-corrected chi connectivity index (χ3v) is 3.26. The first kappa shape index (κ1) is 14.3.